The molecule has 72 valence electrons. The lowest BCUT2D eigenvalue weighted by atomic mass is 10.3. The molecule has 0 spiro atoms. The number of nitrogens with zero attached hydrogens (tertiary/aromatic N) is 3. The van der Waals surface area contributed by atoms with E-state index in [0.29, 0.717) is 0 Å². The molecule has 2 rings (SSSR count). The Balaban J connectivity index is 2.43. The highest BCUT2D eigenvalue weighted by Crippen LogP contribution is 2.16. The van der Waals surface area contributed by atoms with E-state index in [1.807, 2.05) is 6.07 Å². The largest absolute Gasteiger partial charge is 0.369 e. The first-order valence-corrected chi connectivity index (χ1v) is 4.70. The number of hydrogen-bond donors (Lipinski definition) is 1. The summed E-state index contributed by atoms with van der Waals surface area (Å²) in [5, 5.41) is 4.28. The fourth-order valence-electron chi connectivity index (χ4n) is 1.29. The summed E-state index contributed by atoms with van der Waals surface area (Å²) in [5.41, 5.74) is 0.876. The smallest absolute Gasteiger partial charge is 0.137 e. The van der Waals surface area contributed by atoms with Crippen LogP contribution in [0.25, 0.3) is 10.9 Å². The van der Waals surface area contributed by atoms with Gasteiger partial charge in [-0.15, -0.1) is 0 Å². The Bertz CT molecular complexity index is 422. The standard InChI is InChI=1S/C10H12N4/c1-2-4-12-10-8-3-5-11-6-9(8)13-7-14-10/h3,5-7H,2,4H2,1H3,(H,12,13,14). The second-order valence-electron chi connectivity index (χ2n) is 3.04. The summed E-state index contributed by atoms with van der Waals surface area (Å²) in [6, 6.07) is 1.92. The number of nitrogens with one attached hydrogen (secondary N) is 1. The SMILES string of the molecule is CCCNc1ncnc2cnccc12. The van der Waals surface area contributed by atoms with Crippen LogP contribution in [0.3, 0.4) is 0 Å². The third-order valence-electron chi connectivity index (χ3n) is 1.98. The van der Waals surface area contributed by atoms with Gasteiger partial charge in [-0.25, -0.2) is 9.97 Å². The van der Waals surface area contributed by atoms with Gasteiger partial charge >= 0.3 is 0 Å². The molecular weight excluding hydrogens is 176 g/mol. The molecule has 4 heteroatoms. The quantitative estimate of drug-likeness (QED) is 0.798. The van der Waals surface area contributed by atoms with Crippen LogP contribution in [0.4, 0.5) is 5.82 Å². The molecule has 2 heterocycles. The zero-order chi connectivity index (χ0) is 9.80. The number of fused-ring (bicyclic) bond motifs is 1. The summed E-state index contributed by atoms with van der Waals surface area (Å²) in [7, 11) is 0. The molecule has 2 aromatic heterocycles. The highest BCUT2D eigenvalue weighted by molar-refractivity contribution is 5.87. The summed E-state index contributed by atoms with van der Waals surface area (Å²) in [5.74, 6) is 0.888. The van der Waals surface area contributed by atoms with E-state index in [4.69, 9.17) is 0 Å². The Labute approximate surface area is 82.4 Å². The molecule has 0 saturated carbocycles. The molecule has 0 aliphatic rings. The van der Waals surface area contributed by atoms with E-state index < -0.39 is 0 Å². The Morgan fingerprint density at radius 2 is 2.29 bits per heavy atom. The van der Waals surface area contributed by atoms with Crippen molar-refractivity contribution in [2.45, 2.75) is 13.3 Å². The fraction of sp³-hybridized carbons (Fsp3) is 0.300. The van der Waals surface area contributed by atoms with Crippen molar-refractivity contribution in [3.05, 3.63) is 24.8 Å². The van der Waals surface area contributed by atoms with Gasteiger partial charge in [0.1, 0.15) is 12.1 Å². The normalized spacial score (nSPS) is 10.4. The third kappa shape index (κ3) is 1.64. The van der Waals surface area contributed by atoms with Gasteiger partial charge < -0.3 is 5.32 Å². The average Bonchev–Trinajstić information content (AvgIpc) is 2.26. The van der Waals surface area contributed by atoms with Crippen molar-refractivity contribution in [1.29, 1.82) is 0 Å². The van der Waals surface area contributed by atoms with E-state index in [1.54, 1.807) is 18.7 Å². The minimum absolute atomic E-state index is 0.876. The zero-order valence-electron chi connectivity index (χ0n) is 8.07. The number of anilines is 1. The first-order valence-electron chi connectivity index (χ1n) is 4.70. The van der Waals surface area contributed by atoms with Crippen molar-refractivity contribution in [1.82, 2.24) is 15.0 Å². The molecule has 0 aromatic carbocycles. The first kappa shape index (κ1) is 8.87. The highest BCUT2D eigenvalue weighted by atomic mass is 15.0. The van der Waals surface area contributed by atoms with Crippen molar-refractivity contribution in [3.8, 4) is 0 Å². The lowest BCUT2D eigenvalue weighted by molar-refractivity contribution is 0.969. The predicted octanol–water partition coefficient (Wildman–Crippen LogP) is 1.85. The van der Waals surface area contributed by atoms with Gasteiger partial charge in [0, 0.05) is 18.1 Å². The molecule has 0 fully saturated rings. The lowest BCUT2D eigenvalue weighted by Gasteiger charge is -2.05. The number of pyridine rings is 1. The molecule has 0 radical (unpaired) electrons. The molecular formula is C10H12N4. The number of aromatic nitrogens is 3. The molecule has 0 aliphatic heterocycles. The number of rotatable bonds is 3. The Hall–Kier alpha value is -1.71. The molecule has 4 nitrogen and oxygen atoms in total. The summed E-state index contributed by atoms with van der Waals surface area (Å²) >= 11 is 0. The highest BCUT2D eigenvalue weighted by Gasteiger charge is 2.00. The maximum absolute atomic E-state index is 4.19. The van der Waals surface area contributed by atoms with Gasteiger partial charge in [0.25, 0.3) is 0 Å². The second kappa shape index (κ2) is 4.00. The Kier molecular flexibility index (Phi) is 2.53. The van der Waals surface area contributed by atoms with Crippen molar-refractivity contribution >= 4 is 16.7 Å². The van der Waals surface area contributed by atoms with Gasteiger partial charge in [-0.05, 0) is 12.5 Å². The average molecular weight is 188 g/mol. The van der Waals surface area contributed by atoms with E-state index in [9.17, 15) is 0 Å². The van der Waals surface area contributed by atoms with Gasteiger partial charge in [0.05, 0.1) is 11.7 Å². The van der Waals surface area contributed by atoms with E-state index in [1.165, 1.54) is 0 Å². The predicted molar refractivity (Wildman–Crippen MR) is 56.1 cm³/mol. The van der Waals surface area contributed by atoms with Crippen LogP contribution >= 0.6 is 0 Å². The summed E-state index contributed by atoms with van der Waals surface area (Å²) < 4.78 is 0. The Morgan fingerprint density at radius 3 is 3.14 bits per heavy atom. The monoisotopic (exact) mass is 188 g/mol. The van der Waals surface area contributed by atoms with Crippen molar-refractivity contribution < 1.29 is 0 Å². The third-order valence-corrected chi connectivity index (χ3v) is 1.98. The van der Waals surface area contributed by atoms with Gasteiger partial charge in [-0.2, -0.15) is 0 Å². The van der Waals surface area contributed by atoms with Crippen LogP contribution in [0.15, 0.2) is 24.8 Å². The van der Waals surface area contributed by atoms with E-state index in [-0.39, 0.29) is 0 Å². The summed E-state index contributed by atoms with van der Waals surface area (Å²) in [6.07, 6.45) is 6.13. The van der Waals surface area contributed by atoms with Crippen molar-refractivity contribution in [2.75, 3.05) is 11.9 Å². The van der Waals surface area contributed by atoms with Gasteiger partial charge in [0.15, 0.2) is 0 Å². The van der Waals surface area contributed by atoms with Crippen LogP contribution < -0.4 is 5.32 Å². The molecule has 1 N–H and O–H groups in total. The maximum Gasteiger partial charge on any atom is 0.137 e. The first-order chi connectivity index (χ1) is 6.92. The molecule has 0 unspecified atom stereocenters. The molecule has 0 aliphatic carbocycles. The minimum atomic E-state index is 0.876. The fourth-order valence-corrected chi connectivity index (χ4v) is 1.29. The van der Waals surface area contributed by atoms with Gasteiger partial charge in [0.2, 0.25) is 0 Å². The van der Waals surface area contributed by atoms with E-state index in [0.717, 1.165) is 29.7 Å². The second-order valence-corrected chi connectivity index (χ2v) is 3.04. The minimum Gasteiger partial charge on any atom is -0.369 e. The molecule has 2 aromatic rings. The van der Waals surface area contributed by atoms with Crippen LogP contribution in [0.5, 0.6) is 0 Å². The summed E-state index contributed by atoms with van der Waals surface area (Å²) in [4.78, 5) is 12.3. The van der Waals surface area contributed by atoms with E-state index in [2.05, 4.69) is 27.2 Å². The summed E-state index contributed by atoms with van der Waals surface area (Å²) in [6.45, 7) is 3.05. The zero-order valence-corrected chi connectivity index (χ0v) is 8.07. The van der Waals surface area contributed by atoms with E-state index >= 15 is 0 Å². The Morgan fingerprint density at radius 1 is 1.36 bits per heavy atom. The molecule has 14 heavy (non-hydrogen) atoms. The van der Waals surface area contributed by atoms with Crippen LogP contribution in [0.1, 0.15) is 13.3 Å². The van der Waals surface area contributed by atoms with Crippen LogP contribution in [-0.2, 0) is 0 Å². The molecule has 0 saturated heterocycles. The van der Waals surface area contributed by atoms with Crippen LogP contribution in [0.2, 0.25) is 0 Å². The topological polar surface area (TPSA) is 50.7 Å². The van der Waals surface area contributed by atoms with Crippen LogP contribution in [0, 0.1) is 0 Å². The lowest BCUT2D eigenvalue weighted by Crippen LogP contribution is -2.02. The maximum atomic E-state index is 4.19. The molecule has 0 amide bonds. The number of hydrogen-bond acceptors (Lipinski definition) is 4. The van der Waals surface area contributed by atoms with Gasteiger partial charge in [-0.3, -0.25) is 4.98 Å². The molecule has 0 bridgehead atoms. The van der Waals surface area contributed by atoms with Crippen LogP contribution in [-0.4, -0.2) is 21.5 Å². The van der Waals surface area contributed by atoms with Crippen molar-refractivity contribution in [3.63, 3.8) is 0 Å². The van der Waals surface area contributed by atoms with Crippen molar-refractivity contribution in [2.24, 2.45) is 0 Å². The molecule has 0 atom stereocenters. The van der Waals surface area contributed by atoms with Gasteiger partial charge in [-0.1, -0.05) is 6.92 Å².